The van der Waals surface area contributed by atoms with Gasteiger partial charge in [0.1, 0.15) is 12.1 Å². The smallest absolute Gasteiger partial charge is 0.231 e. The van der Waals surface area contributed by atoms with Crippen LogP contribution in [0.1, 0.15) is 0 Å². The van der Waals surface area contributed by atoms with Crippen molar-refractivity contribution in [2.45, 2.75) is 0 Å². The standard InChI is InChI=1S/C4H5N3O2S2/c8-11(9,10)7-4-1-2-5-3-6-4/h1-3H,(H,5,6,7)(H,8,9,10). The average Bonchev–Trinajstić information content (AvgIpc) is 1.85. The second-order valence-corrected chi connectivity index (χ2v) is 4.18. The molecule has 5 nitrogen and oxygen atoms in total. The van der Waals surface area contributed by atoms with Crippen molar-refractivity contribution >= 4 is 26.0 Å². The summed E-state index contributed by atoms with van der Waals surface area (Å²) in [7, 11) is -3.38. The van der Waals surface area contributed by atoms with Crippen LogP contribution in [-0.4, -0.2) is 18.7 Å². The van der Waals surface area contributed by atoms with E-state index in [9.17, 15) is 4.21 Å². The maximum absolute atomic E-state index is 10.6. The molecule has 0 saturated heterocycles. The van der Waals surface area contributed by atoms with Gasteiger partial charge in [0.2, 0.25) is 8.96 Å². The van der Waals surface area contributed by atoms with Crippen LogP contribution in [-0.2, 0) is 20.1 Å². The molecule has 1 aromatic rings. The van der Waals surface area contributed by atoms with Gasteiger partial charge in [-0.25, -0.2) is 14.2 Å². The van der Waals surface area contributed by atoms with Crippen LogP contribution in [0.15, 0.2) is 18.6 Å². The van der Waals surface area contributed by atoms with Gasteiger partial charge in [0, 0.05) is 17.4 Å². The molecule has 60 valence electrons. The minimum Gasteiger partial charge on any atom is -0.290 e. The van der Waals surface area contributed by atoms with Crippen molar-refractivity contribution in [2.75, 3.05) is 4.72 Å². The van der Waals surface area contributed by atoms with Crippen molar-refractivity contribution < 1.29 is 8.76 Å². The Morgan fingerprint density at radius 2 is 2.45 bits per heavy atom. The van der Waals surface area contributed by atoms with E-state index in [1.807, 2.05) is 0 Å². The lowest BCUT2D eigenvalue weighted by atomic mass is 10.6. The van der Waals surface area contributed by atoms with Gasteiger partial charge in [-0.2, -0.15) is 0 Å². The van der Waals surface area contributed by atoms with Crippen molar-refractivity contribution in [3.8, 4) is 0 Å². The molecule has 0 aliphatic heterocycles. The van der Waals surface area contributed by atoms with Crippen molar-refractivity contribution in [1.29, 1.82) is 0 Å². The largest absolute Gasteiger partial charge is 0.290 e. The van der Waals surface area contributed by atoms with E-state index in [-0.39, 0.29) is 5.82 Å². The molecule has 0 radical (unpaired) electrons. The first kappa shape index (κ1) is 8.31. The number of nitrogens with one attached hydrogen (secondary N) is 1. The number of hydrogen-bond donors (Lipinski definition) is 2. The molecule has 0 saturated carbocycles. The molecule has 7 heteroatoms. The molecule has 1 rings (SSSR count). The third-order valence-corrected chi connectivity index (χ3v) is 1.53. The summed E-state index contributed by atoms with van der Waals surface area (Å²) in [6, 6.07) is 1.45. The molecule has 1 unspecified atom stereocenters. The van der Waals surface area contributed by atoms with E-state index in [1.54, 1.807) is 0 Å². The molecule has 0 aromatic carbocycles. The van der Waals surface area contributed by atoms with Crippen LogP contribution in [0.5, 0.6) is 0 Å². The van der Waals surface area contributed by atoms with Gasteiger partial charge in [0.05, 0.1) is 0 Å². The molecule has 1 aromatic heterocycles. The zero-order valence-electron chi connectivity index (χ0n) is 5.30. The monoisotopic (exact) mass is 191 g/mol. The van der Waals surface area contributed by atoms with Gasteiger partial charge in [-0.05, 0) is 6.07 Å². The molecular formula is C4H5N3O2S2. The van der Waals surface area contributed by atoms with Crippen LogP contribution in [0.4, 0.5) is 5.82 Å². The molecule has 1 atom stereocenters. The topological polar surface area (TPSA) is 75.1 Å². The highest BCUT2D eigenvalue weighted by molar-refractivity contribution is 8.30. The van der Waals surface area contributed by atoms with E-state index >= 15 is 0 Å². The summed E-state index contributed by atoms with van der Waals surface area (Å²) in [5, 5.41) is 0. The average molecular weight is 191 g/mol. The Morgan fingerprint density at radius 1 is 1.73 bits per heavy atom. The Balaban J connectivity index is 2.82. The Bertz CT molecular complexity index is 322. The molecule has 0 bridgehead atoms. The van der Waals surface area contributed by atoms with Gasteiger partial charge in [-0.15, -0.1) is 0 Å². The van der Waals surface area contributed by atoms with Gasteiger partial charge >= 0.3 is 0 Å². The van der Waals surface area contributed by atoms with E-state index in [1.165, 1.54) is 18.6 Å². The lowest BCUT2D eigenvalue weighted by molar-refractivity contribution is 0.567. The summed E-state index contributed by atoms with van der Waals surface area (Å²) in [6.45, 7) is 0. The van der Waals surface area contributed by atoms with E-state index in [0.29, 0.717) is 0 Å². The van der Waals surface area contributed by atoms with Crippen molar-refractivity contribution in [1.82, 2.24) is 9.97 Å². The highest BCUT2D eigenvalue weighted by Crippen LogP contribution is 1.99. The molecule has 0 fully saturated rings. The van der Waals surface area contributed by atoms with E-state index in [0.717, 1.165) is 0 Å². The maximum atomic E-state index is 10.6. The molecular weight excluding hydrogens is 186 g/mol. The number of nitrogens with zero attached hydrogens (tertiary/aromatic N) is 2. The molecule has 0 aliphatic rings. The zero-order valence-corrected chi connectivity index (χ0v) is 6.93. The number of anilines is 1. The first-order chi connectivity index (χ1) is 5.08. The summed E-state index contributed by atoms with van der Waals surface area (Å²) < 4.78 is 21.3. The summed E-state index contributed by atoms with van der Waals surface area (Å²) in [5.41, 5.74) is 0. The van der Waals surface area contributed by atoms with Gasteiger partial charge < -0.3 is 0 Å². The normalized spacial score (nSPS) is 15.4. The van der Waals surface area contributed by atoms with Gasteiger partial charge in [0.15, 0.2) is 0 Å². The third kappa shape index (κ3) is 3.21. The van der Waals surface area contributed by atoms with Crippen LogP contribution in [0.3, 0.4) is 0 Å². The SMILES string of the molecule is O=S(O)(=S)Nc1ccncn1. The Labute approximate surface area is 68.5 Å². The molecule has 0 spiro atoms. The highest BCUT2D eigenvalue weighted by atomic mass is 32.8. The van der Waals surface area contributed by atoms with Crippen LogP contribution in [0.25, 0.3) is 0 Å². The number of hydrogen-bond acceptors (Lipinski definition) is 4. The number of rotatable bonds is 2. The predicted octanol–water partition coefficient (Wildman–Crippen LogP) is 0.0228. The molecule has 1 heterocycles. The van der Waals surface area contributed by atoms with Gasteiger partial charge in [0.25, 0.3) is 0 Å². The van der Waals surface area contributed by atoms with E-state index < -0.39 is 8.96 Å². The molecule has 2 N–H and O–H groups in total. The summed E-state index contributed by atoms with van der Waals surface area (Å²) >= 11 is 4.18. The Kier molecular flexibility index (Phi) is 2.32. The van der Waals surface area contributed by atoms with Crippen molar-refractivity contribution in [3.05, 3.63) is 18.6 Å². The fraction of sp³-hybridized carbons (Fsp3) is 0. The first-order valence-electron chi connectivity index (χ1n) is 2.59. The third-order valence-electron chi connectivity index (χ3n) is 0.816. The summed E-state index contributed by atoms with van der Waals surface area (Å²) in [6.07, 6.45) is 2.69. The van der Waals surface area contributed by atoms with E-state index in [2.05, 4.69) is 25.9 Å². The molecule has 0 amide bonds. The number of aromatic nitrogens is 2. The second-order valence-electron chi connectivity index (χ2n) is 1.67. The minimum absolute atomic E-state index is 0.238. The predicted molar refractivity (Wildman–Crippen MR) is 43.8 cm³/mol. The van der Waals surface area contributed by atoms with Gasteiger partial charge in [-0.1, -0.05) is 0 Å². The lowest BCUT2D eigenvalue weighted by Crippen LogP contribution is -2.09. The van der Waals surface area contributed by atoms with Crippen LogP contribution in [0, 0.1) is 0 Å². The van der Waals surface area contributed by atoms with Crippen molar-refractivity contribution in [3.63, 3.8) is 0 Å². The van der Waals surface area contributed by atoms with Crippen LogP contribution >= 0.6 is 0 Å². The molecule has 11 heavy (non-hydrogen) atoms. The quantitative estimate of drug-likeness (QED) is 0.689. The second kappa shape index (κ2) is 3.07. The Morgan fingerprint density at radius 3 is 2.91 bits per heavy atom. The fourth-order valence-electron chi connectivity index (χ4n) is 0.483. The molecule has 0 aliphatic carbocycles. The zero-order chi connectivity index (χ0) is 8.32. The fourth-order valence-corrected chi connectivity index (χ4v) is 1.12. The highest BCUT2D eigenvalue weighted by Gasteiger charge is 1.98. The maximum Gasteiger partial charge on any atom is 0.231 e. The van der Waals surface area contributed by atoms with E-state index in [4.69, 9.17) is 4.55 Å². The summed E-state index contributed by atoms with van der Waals surface area (Å²) in [5.74, 6) is 0.238. The lowest BCUT2D eigenvalue weighted by Gasteiger charge is -2.00. The van der Waals surface area contributed by atoms with Crippen LogP contribution < -0.4 is 4.72 Å². The minimum atomic E-state index is -3.38. The van der Waals surface area contributed by atoms with Crippen LogP contribution in [0.2, 0.25) is 0 Å². The first-order valence-corrected chi connectivity index (χ1v) is 5.03. The van der Waals surface area contributed by atoms with Gasteiger partial charge in [-0.3, -0.25) is 9.27 Å². The Hall–Kier alpha value is -0.790. The van der Waals surface area contributed by atoms with Crippen molar-refractivity contribution in [2.24, 2.45) is 0 Å². The summed E-state index contributed by atoms with van der Waals surface area (Å²) in [4.78, 5) is 7.25.